The number of nitrogens with one attached hydrogen (secondary N) is 1. The molecule has 19 heavy (non-hydrogen) atoms. The number of benzene rings is 1. The number of piperazine rings is 1. The van der Waals surface area contributed by atoms with Gasteiger partial charge in [-0.3, -0.25) is 4.90 Å². The smallest absolute Gasteiger partial charge is 0.0995 e. The van der Waals surface area contributed by atoms with E-state index in [4.69, 9.17) is 0 Å². The Kier molecular flexibility index (Phi) is 4.24. The van der Waals surface area contributed by atoms with E-state index in [0.29, 0.717) is 6.04 Å². The van der Waals surface area contributed by atoms with Gasteiger partial charge in [-0.2, -0.15) is 5.26 Å². The van der Waals surface area contributed by atoms with Gasteiger partial charge in [-0.25, -0.2) is 0 Å². The van der Waals surface area contributed by atoms with Gasteiger partial charge < -0.3 is 5.32 Å². The number of hydrogen-bond donors (Lipinski definition) is 1. The molecule has 0 saturated carbocycles. The van der Waals surface area contributed by atoms with Crippen LogP contribution in [-0.4, -0.2) is 31.1 Å². The second-order valence-corrected chi connectivity index (χ2v) is 6.25. The quantitative estimate of drug-likeness (QED) is 0.885. The molecular weight excluding hydrogens is 234 g/mol. The molecule has 0 spiro atoms. The lowest BCUT2D eigenvalue weighted by Gasteiger charge is -2.43. The first kappa shape index (κ1) is 14.0. The van der Waals surface area contributed by atoms with Gasteiger partial charge in [-0.1, -0.05) is 39.0 Å². The van der Waals surface area contributed by atoms with Crippen LogP contribution < -0.4 is 5.32 Å². The van der Waals surface area contributed by atoms with Crippen LogP contribution >= 0.6 is 0 Å². The van der Waals surface area contributed by atoms with E-state index in [1.807, 2.05) is 18.2 Å². The summed E-state index contributed by atoms with van der Waals surface area (Å²) in [5, 5.41) is 12.7. The molecule has 3 heteroatoms. The van der Waals surface area contributed by atoms with E-state index < -0.39 is 0 Å². The first-order valence-corrected chi connectivity index (χ1v) is 6.98. The Hall–Kier alpha value is -1.37. The number of nitriles is 1. The van der Waals surface area contributed by atoms with Gasteiger partial charge >= 0.3 is 0 Å². The summed E-state index contributed by atoms with van der Waals surface area (Å²) in [4.78, 5) is 2.51. The van der Waals surface area contributed by atoms with Crippen molar-refractivity contribution in [3.63, 3.8) is 0 Å². The van der Waals surface area contributed by atoms with Gasteiger partial charge in [0.15, 0.2) is 0 Å². The van der Waals surface area contributed by atoms with Crippen LogP contribution in [0.1, 0.15) is 37.9 Å². The molecule has 0 aromatic heterocycles. The predicted octanol–water partition coefficient (Wildman–Crippen LogP) is 2.55. The molecule has 2 rings (SSSR count). The Morgan fingerprint density at radius 3 is 2.42 bits per heavy atom. The molecule has 1 fully saturated rings. The maximum Gasteiger partial charge on any atom is 0.0995 e. The van der Waals surface area contributed by atoms with Crippen LogP contribution in [0.4, 0.5) is 0 Å². The van der Waals surface area contributed by atoms with Crippen molar-refractivity contribution < 1.29 is 0 Å². The third-order valence-corrected chi connectivity index (χ3v) is 3.71. The molecule has 102 valence electrons. The van der Waals surface area contributed by atoms with Gasteiger partial charge in [0.1, 0.15) is 0 Å². The maximum absolute atomic E-state index is 9.35. The zero-order chi connectivity index (χ0) is 13.9. The lowest BCUT2D eigenvalue weighted by Crippen LogP contribution is -2.48. The monoisotopic (exact) mass is 257 g/mol. The van der Waals surface area contributed by atoms with Gasteiger partial charge in [-0.15, -0.1) is 0 Å². The minimum absolute atomic E-state index is 0.115. The van der Waals surface area contributed by atoms with Crippen molar-refractivity contribution in [2.75, 3.05) is 26.2 Å². The maximum atomic E-state index is 9.35. The van der Waals surface area contributed by atoms with Crippen LogP contribution in [0.25, 0.3) is 0 Å². The summed E-state index contributed by atoms with van der Waals surface area (Å²) in [5.74, 6) is 0. The SMILES string of the molecule is CC(C)(C)[C@H](c1ccccc1C#N)N1CCNCC1. The molecule has 1 saturated heterocycles. The summed E-state index contributed by atoms with van der Waals surface area (Å²) in [6.45, 7) is 10.9. The topological polar surface area (TPSA) is 39.1 Å². The van der Waals surface area contributed by atoms with Crippen LogP contribution in [0.5, 0.6) is 0 Å². The van der Waals surface area contributed by atoms with Crippen molar-refractivity contribution in [2.24, 2.45) is 5.41 Å². The fraction of sp³-hybridized carbons (Fsp3) is 0.562. The normalized spacial score (nSPS) is 18.8. The van der Waals surface area contributed by atoms with Gasteiger partial charge in [0.05, 0.1) is 11.6 Å². The molecule has 1 aromatic carbocycles. The van der Waals surface area contributed by atoms with Crippen LogP contribution in [0.2, 0.25) is 0 Å². The Balaban J connectivity index is 2.40. The van der Waals surface area contributed by atoms with Crippen molar-refractivity contribution in [3.05, 3.63) is 35.4 Å². The van der Waals surface area contributed by atoms with Crippen LogP contribution in [0, 0.1) is 16.7 Å². The van der Waals surface area contributed by atoms with Crippen molar-refractivity contribution in [3.8, 4) is 6.07 Å². The molecule has 1 aliphatic rings. The molecule has 1 N–H and O–H groups in total. The number of hydrogen-bond acceptors (Lipinski definition) is 3. The van der Waals surface area contributed by atoms with Crippen LogP contribution in [-0.2, 0) is 0 Å². The van der Waals surface area contributed by atoms with Crippen molar-refractivity contribution >= 4 is 0 Å². The second kappa shape index (κ2) is 5.73. The third kappa shape index (κ3) is 3.15. The summed E-state index contributed by atoms with van der Waals surface area (Å²) in [6.07, 6.45) is 0. The molecule has 1 aromatic rings. The van der Waals surface area contributed by atoms with E-state index in [9.17, 15) is 5.26 Å². The first-order chi connectivity index (χ1) is 9.04. The summed E-state index contributed by atoms with van der Waals surface area (Å²) in [6, 6.07) is 10.7. The van der Waals surface area contributed by atoms with E-state index in [1.54, 1.807) is 0 Å². The van der Waals surface area contributed by atoms with Crippen molar-refractivity contribution in [2.45, 2.75) is 26.8 Å². The highest BCUT2D eigenvalue weighted by Gasteiger charge is 2.33. The Morgan fingerprint density at radius 2 is 1.84 bits per heavy atom. The second-order valence-electron chi connectivity index (χ2n) is 6.25. The molecule has 0 bridgehead atoms. The summed E-state index contributed by atoms with van der Waals surface area (Å²) < 4.78 is 0. The fourth-order valence-corrected chi connectivity index (χ4v) is 2.99. The molecule has 1 heterocycles. The molecular formula is C16H23N3. The Bertz CT molecular complexity index is 462. The highest BCUT2D eigenvalue weighted by Crippen LogP contribution is 2.39. The Labute approximate surface area is 116 Å². The van der Waals surface area contributed by atoms with Gasteiger partial charge in [0.25, 0.3) is 0 Å². The molecule has 1 atom stereocenters. The highest BCUT2D eigenvalue weighted by molar-refractivity contribution is 5.40. The summed E-state index contributed by atoms with van der Waals surface area (Å²) in [5.41, 5.74) is 2.09. The average molecular weight is 257 g/mol. The molecule has 0 amide bonds. The number of nitrogens with zero attached hydrogens (tertiary/aromatic N) is 2. The van der Waals surface area contributed by atoms with Gasteiger partial charge in [0, 0.05) is 32.2 Å². The average Bonchev–Trinajstić information content (AvgIpc) is 2.39. The largest absolute Gasteiger partial charge is 0.314 e. The van der Waals surface area contributed by atoms with E-state index in [1.165, 1.54) is 5.56 Å². The number of rotatable bonds is 2. The van der Waals surface area contributed by atoms with E-state index in [2.05, 4.69) is 43.1 Å². The van der Waals surface area contributed by atoms with Crippen molar-refractivity contribution in [1.82, 2.24) is 10.2 Å². The minimum atomic E-state index is 0.115. The molecule has 0 radical (unpaired) electrons. The summed E-state index contributed by atoms with van der Waals surface area (Å²) in [7, 11) is 0. The fourth-order valence-electron chi connectivity index (χ4n) is 2.99. The van der Waals surface area contributed by atoms with Crippen molar-refractivity contribution in [1.29, 1.82) is 5.26 Å². The van der Waals surface area contributed by atoms with E-state index in [-0.39, 0.29) is 5.41 Å². The lowest BCUT2D eigenvalue weighted by molar-refractivity contribution is 0.0860. The standard InChI is InChI=1S/C16H23N3/c1-16(2,3)15(19-10-8-18-9-11-19)14-7-5-4-6-13(14)12-17/h4-7,15,18H,8-11H2,1-3H3/t15-/m0/s1. The van der Waals surface area contributed by atoms with E-state index >= 15 is 0 Å². The third-order valence-electron chi connectivity index (χ3n) is 3.71. The van der Waals surface area contributed by atoms with E-state index in [0.717, 1.165) is 31.7 Å². The zero-order valence-electron chi connectivity index (χ0n) is 12.1. The minimum Gasteiger partial charge on any atom is -0.314 e. The lowest BCUT2D eigenvalue weighted by atomic mass is 9.79. The van der Waals surface area contributed by atoms with Gasteiger partial charge in [0.2, 0.25) is 0 Å². The molecule has 0 aliphatic carbocycles. The van der Waals surface area contributed by atoms with Crippen LogP contribution in [0.15, 0.2) is 24.3 Å². The highest BCUT2D eigenvalue weighted by atomic mass is 15.2. The molecule has 3 nitrogen and oxygen atoms in total. The van der Waals surface area contributed by atoms with Gasteiger partial charge in [-0.05, 0) is 17.0 Å². The predicted molar refractivity (Wildman–Crippen MR) is 77.8 cm³/mol. The first-order valence-electron chi connectivity index (χ1n) is 6.98. The summed E-state index contributed by atoms with van der Waals surface area (Å²) >= 11 is 0. The Morgan fingerprint density at radius 1 is 1.21 bits per heavy atom. The molecule has 1 aliphatic heterocycles. The van der Waals surface area contributed by atoms with Crippen LogP contribution in [0.3, 0.4) is 0 Å². The zero-order valence-corrected chi connectivity index (χ0v) is 12.1. The molecule has 0 unspecified atom stereocenters.